The van der Waals surface area contributed by atoms with Gasteiger partial charge >= 0.3 is 0 Å². The zero-order chi connectivity index (χ0) is 14.2. The smallest absolute Gasteiger partial charge is 0.175 e. The summed E-state index contributed by atoms with van der Waals surface area (Å²) in [5.41, 5.74) is 7.05. The molecule has 1 aromatic heterocycles. The topological polar surface area (TPSA) is 61.3 Å². The Morgan fingerprint density at radius 1 is 1.45 bits per heavy atom. The van der Waals surface area contributed by atoms with E-state index in [1.54, 1.807) is 19.2 Å². The Balaban J connectivity index is 1.97. The molecule has 1 fully saturated rings. The molecule has 2 aromatic rings. The number of nitrogens with two attached hydrogens (primary N) is 1. The number of aromatic nitrogens is 1. The second kappa shape index (κ2) is 4.90. The van der Waals surface area contributed by atoms with Crippen LogP contribution in [0.5, 0.6) is 0 Å². The van der Waals surface area contributed by atoms with Crippen LogP contribution in [0.3, 0.4) is 0 Å². The number of anilines is 1. The molecule has 4 nitrogen and oxygen atoms in total. The van der Waals surface area contributed by atoms with Crippen LogP contribution in [0.4, 0.5) is 10.2 Å². The van der Waals surface area contributed by atoms with Gasteiger partial charge in [-0.3, -0.25) is 0 Å². The fourth-order valence-corrected chi connectivity index (χ4v) is 2.73. The molecule has 2 N–H and O–H groups in total. The van der Waals surface area contributed by atoms with Crippen LogP contribution in [-0.2, 0) is 11.2 Å². The molecule has 20 heavy (non-hydrogen) atoms. The summed E-state index contributed by atoms with van der Waals surface area (Å²) in [6.07, 6.45) is 3.74. The molecule has 0 amide bonds. The summed E-state index contributed by atoms with van der Waals surface area (Å²) < 4.78 is 24.3. The van der Waals surface area contributed by atoms with Crippen LogP contribution in [0.25, 0.3) is 11.1 Å². The largest absolute Gasteiger partial charge is 0.380 e. The molecular formula is C15H17FN2O2. The first kappa shape index (κ1) is 13.1. The summed E-state index contributed by atoms with van der Waals surface area (Å²) in [6.45, 7) is 0. The van der Waals surface area contributed by atoms with Gasteiger partial charge in [-0.05, 0) is 37.0 Å². The Kier molecular flexibility index (Phi) is 3.22. The van der Waals surface area contributed by atoms with Gasteiger partial charge in [0.1, 0.15) is 11.6 Å². The van der Waals surface area contributed by atoms with Crippen molar-refractivity contribution >= 4 is 5.82 Å². The predicted octanol–water partition coefficient (Wildman–Crippen LogP) is 3.17. The molecule has 106 valence electrons. The van der Waals surface area contributed by atoms with Gasteiger partial charge in [0.05, 0.1) is 11.2 Å². The van der Waals surface area contributed by atoms with Crippen molar-refractivity contribution < 1.29 is 13.7 Å². The Bertz CT molecular complexity index is 615. The number of nitrogen functional groups attached to an aromatic ring is 1. The first-order valence-electron chi connectivity index (χ1n) is 6.69. The lowest BCUT2D eigenvalue weighted by Gasteiger charge is -2.39. The van der Waals surface area contributed by atoms with Gasteiger partial charge in [0.2, 0.25) is 0 Å². The van der Waals surface area contributed by atoms with Gasteiger partial charge in [0, 0.05) is 13.5 Å². The molecule has 1 aliphatic carbocycles. The fourth-order valence-electron chi connectivity index (χ4n) is 2.73. The van der Waals surface area contributed by atoms with E-state index in [1.165, 1.54) is 12.1 Å². The lowest BCUT2D eigenvalue weighted by Crippen LogP contribution is -2.41. The lowest BCUT2D eigenvalue weighted by atomic mass is 9.76. The maximum atomic E-state index is 13.4. The number of hydrogen-bond acceptors (Lipinski definition) is 4. The summed E-state index contributed by atoms with van der Waals surface area (Å²) in [5.74, 6) is 0.643. The Labute approximate surface area is 116 Å². The van der Waals surface area contributed by atoms with E-state index < -0.39 is 0 Å². The minimum atomic E-state index is -0.306. The SMILES string of the molecule is COC1(Cc2onc(N)c2-c2cccc(F)c2)CCC1. The fraction of sp³-hybridized carbons (Fsp3) is 0.400. The number of halogens is 1. The van der Waals surface area contributed by atoms with Crippen molar-refractivity contribution in [1.82, 2.24) is 5.16 Å². The van der Waals surface area contributed by atoms with Gasteiger partial charge in [-0.25, -0.2) is 4.39 Å². The van der Waals surface area contributed by atoms with Crippen LogP contribution >= 0.6 is 0 Å². The number of nitrogens with zero attached hydrogens (tertiary/aromatic N) is 1. The summed E-state index contributed by atoms with van der Waals surface area (Å²) in [6, 6.07) is 6.29. The highest BCUT2D eigenvalue weighted by Crippen LogP contribution is 2.41. The maximum Gasteiger partial charge on any atom is 0.175 e. The van der Waals surface area contributed by atoms with Gasteiger partial charge in [-0.1, -0.05) is 17.3 Å². The molecule has 0 saturated heterocycles. The monoisotopic (exact) mass is 276 g/mol. The molecule has 1 heterocycles. The van der Waals surface area contributed by atoms with Crippen molar-refractivity contribution in [3.8, 4) is 11.1 Å². The number of methoxy groups -OCH3 is 1. The van der Waals surface area contributed by atoms with E-state index in [-0.39, 0.29) is 17.2 Å². The summed E-state index contributed by atoms with van der Waals surface area (Å²) in [4.78, 5) is 0. The van der Waals surface area contributed by atoms with E-state index in [2.05, 4.69) is 5.16 Å². The molecule has 0 atom stereocenters. The highest BCUT2D eigenvalue weighted by atomic mass is 19.1. The van der Waals surface area contributed by atoms with Crippen molar-refractivity contribution in [2.75, 3.05) is 12.8 Å². The molecular weight excluding hydrogens is 259 g/mol. The Morgan fingerprint density at radius 3 is 2.85 bits per heavy atom. The van der Waals surface area contributed by atoms with Crippen LogP contribution in [0, 0.1) is 5.82 Å². The molecule has 1 aliphatic rings. The number of hydrogen-bond donors (Lipinski definition) is 1. The summed E-state index contributed by atoms with van der Waals surface area (Å²) in [7, 11) is 1.71. The van der Waals surface area contributed by atoms with E-state index in [4.69, 9.17) is 15.0 Å². The molecule has 0 radical (unpaired) electrons. The number of ether oxygens (including phenoxy) is 1. The zero-order valence-electron chi connectivity index (χ0n) is 11.4. The maximum absolute atomic E-state index is 13.4. The van der Waals surface area contributed by atoms with Crippen molar-refractivity contribution in [1.29, 1.82) is 0 Å². The van der Waals surface area contributed by atoms with Crippen LogP contribution in [0.15, 0.2) is 28.8 Å². The van der Waals surface area contributed by atoms with Gasteiger partial charge in [-0.15, -0.1) is 0 Å². The first-order valence-corrected chi connectivity index (χ1v) is 6.69. The van der Waals surface area contributed by atoms with Gasteiger partial charge in [-0.2, -0.15) is 0 Å². The minimum absolute atomic E-state index is 0.186. The van der Waals surface area contributed by atoms with Crippen molar-refractivity contribution in [2.24, 2.45) is 0 Å². The van der Waals surface area contributed by atoms with Crippen LogP contribution in [0.2, 0.25) is 0 Å². The third kappa shape index (κ3) is 2.18. The van der Waals surface area contributed by atoms with Crippen LogP contribution in [-0.4, -0.2) is 17.9 Å². The second-order valence-corrected chi connectivity index (χ2v) is 5.29. The van der Waals surface area contributed by atoms with Crippen molar-refractivity contribution in [2.45, 2.75) is 31.3 Å². The Morgan fingerprint density at radius 2 is 2.25 bits per heavy atom. The second-order valence-electron chi connectivity index (χ2n) is 5.29. The number of rotatable bonds is 4. The quantitative estimate of drug-likeness (QED) is 0.931. The summed E-state index contributed by atoms with van der Waals surface area (Å²) in [5, 5.41) is 3.82. The molecule has 1 aromatic carbocycles. The zero-order valence-corrected chi connectivity index (χ0v) is 11.4. The molecule has 0 aliphatic heterocycles. The third-order valence-electron chi connectivity index (χ3n) is 4.08. The van der Waals surface area contributed by atoms with E-state index in [9.17, 15) is 4.39 Å². The average molecular weight is 276 g/mol. The number of benzene rings is 1. The van der Waals surface area contributed by atoms with Crippen LogP contribution < -0.4 is 5.73 Å². The predicted molar refractivity (Wildman–Crippen MR) is 73.6 cm³/mol. The minimum Gasteiger partial charge on any atom is -0.380 e. The molecule has 3 rings (SSSR count). The first-order chi connectivity index (χ1) is 9.63. The lowest BCUT2D eigenvalue weighted by molar-refractivity contribution is -0.0742. The summed E-state index contributed by atoms with van der Waals surface area (Å²) >= 11 is 0. The standard InChI is InChI=1S/C15H17FN2O2/c1-19-15(6-3-7-15)9-12-13(14(17)18-20-12)10-4-2-5-11(16)8-10/h2,4-5,8H,3,6-7,9H2,1H3,(H2,17,18). The molecule has 5 heteroatoms. The van der Waals surface area contributed by atoms with E-state index in [0.717, 1.165) is 19.3 Å². The van der Waals surface area contributed by atoms with Gasteiger partial charge in [0.15, 0.2) is 5.82 Å². The van der Waals surface area contributed by atoms with Gasteiger partial charge < -0.3 is 15.0 Å². The van der Waals surface area contributed by atoms with E-state index in [0.29, 0.717) is 23.3 Å². The Hall–Kier alpha value is -1.88. The third-order valence-corrected chi connectivity index (χ3v) is 4.08. The van der Waals surface area contributed by atoms with E-state index in [1.807, 2.05) is 0 Å². The highest BCUT2D eigenvalue weighted by molar-refractivity contribution is 5.75. The molecule has 1 saturated carbocycles. The average Bonchev–Trinajstić information content (AvgIpc) is 2.75. The van der Waals surface area contributed by atoms with E-state index >= 15 is 0 Å². The normalized spacial score (nSPS) is 16.9. The van der Waals surface area contributed by atoms with Crippen molar-refractivity contribution in [3.63, 3.8) is 0 Å². The highest BCUT2D eigenvalue weighted by Gasteiger charge is 2.39. The van der Waals surface area contributed by atoms with Gasteiger partial charge in [0.25, 0.3) is 0 Å². The molecule has 0 spiro atoms. The van der Waals surface area contributed by atoms with Crippen LogP contribution in [0.1, 0.15) is 25.0 Å². The molecule has 0 unspecified atom stereocenters. The molecule has 0 bridgehead atoms. The van der Waals surface area contributed by atoms with Crippen molar-refractivity contribution in [3.05, 3.63) is 35.8 Å².